The van der Waals surface area contributed by atoms with Crippen LogP contribution in [-0.4, -0.2) is 6.16 Å². The van der Waals surface area contributed by atoms with E-state index in [9.17, 15) is 0 Å². The summed E-state index contributed by atoms with van der Waals surface area (Å²) >= 11 is 0. The third kappa shape index (κ3) is 11.4. The SMILES string of the molecule is CC(C)=C(C)N(c1cccc(-c2ccccc2)c1)P1CC(C)=C(C)N1c1cccc(-c2ccccc2)c1.Cc1cccc(-c2ccccc2)c1.Cc1cccc(-c2ccccc2)c1. The zero-order valence-electron chi connectivity index (χ0n) is 37.8. The maximum absolute atomic E-state index is 2.60. The number of rotatable bonds is 8. The fraction of sp³-hybridized carbons (Fsp3) is 0.133. The van der Waals surface area contributed by atoms with E-state index in [-0.39, 0.29) is 0 Å². The van der Waals surface area contributed by atoms with Gasteiger partial charge in [-0.25, -0.2) is 0 Å². The van der Waals surface area contributed by atoms with E-state index in [1.807, 2.05) is 12.1 Å². The van der Waals surface area contributed by atoms with Crippen LogP contribution in [0.4, 0.5) is 11.4 Å². The van der Waals surface area contributed by atoms with E-state index in [0.29, 0.717) is 0 Å². The fourth-order valence-corrected chi connectivity index (χ4v) is 10.7. The van der Waals surface area contributed by atoms with Gasteiger partial charge in [0.25, 0.3) is 0 Å². The second-order valence-corrected chi connectivity index (χ2v) is 18.3. The smallest absolute Gasteiger partial charge is 0.108 e. The van der Waals surface area contributed by atoms with Crippen LogP contribution in [0, 0.1) is 13.8 Å². The molecule has 0 fully saturated rings. The summed E-state index contributed by atoms with van der Waals surface area (Å²) in [4.78, 5) is 0. The average Bonchev–Trinajstić information content (AvgIpc) is 3.62. The Balaban J connectivity index is 0.000000184. The molecule has 8 aromatic carbocycles. The number of nitrogens with zero attached hydrogens (tertiary/aromatic N) is 2. The minimum atomic E-state index is -0.703. The lowest BCUT2D eigenvalue weighted by Crippen LogP contribution is -2.25. The van der Waals surface area contributed by atoms with Crippen molar-refractivity contribution in [2.24, 2.45) is 0 Å². The molecule has 0 aliphatic carbocycles. The first kappa shape index (κ1) is 44.3. The molecule has 1 heterocycles. The lowest BCUT2D eigenvalue weighted by atomic mass is 10.0. The minimum Gasteiger partial charge on any atom is -0.306 e. The van der Waals surface area contributed by atoms with Gasteiger partial charge in [0.2, 0.25) is 0 Å². The highest BCUT2D eigenvalue weighted by Gasteiger charge is 2.35. The van der Waals surface area contributed by atoms with E-state index in [2.05, 4.69) is 264 Å². The van der Waals surface area contributed by atoms with Crippen LogP contribution in [0.5, 0.6) is 0 Å². The molecule has 314 valence electrons. The fourth-order valence-electron chi connectivity index (χ4n) is 7.76. The molecule has 0 saturated heterocycles. The molecule has 3 heteroatoms. The number of hydrogen-bond donors (Lipinski definition) is 0. The van der Waals surface area contributed by atoms with Crippen molar-refractivity contribution in [3.63, 3.8) is 0 Å². The van der Waals surface area contributed by atoms with Crippen molar-refractivity contribution in [2.45, 2.75) is 48.5 Å². The van der Waals surface area contributed by atoms with Crippen LogP contribution in [0.1, 0.15) is 45.7 Å². The van der Waals surface area contributed by atoms with Crippen molar-refractivity contribution < 1.29 is 0 Å². The third-order valence-corrected chi connectivity index (χ3v) is 14.2. The van der Waals surface area contributed by atoms with Gasteiger partial charge in [0.15, 0.2) is 0 Å². The van der Waals surface area contributed by atoms with Gasteiger partial charge in [0.05, 0.1) is 0 Å². The Bertz CT molecular complexity index is 2690. The normalized spacial score (nSPS) is 13.0. The zero-order chi connectivity index (χ0) is 44.1. The number of aryl methyl sites for hydroxylation is 2. The van der Waals surface area contributed by atoms with Gasteiger partial charge in [0, 0.05) is 28.9 Å². The van der Waals surface area contributed by atoms with Gasteiger partial charge < -0.3 is 9.34 Å². The molecule has 0 spiro atoms. The highest BCUT2D eigenvalue weighted by atomic mass is 31.1. The summed E-state index contributed by atoms with van der Waals surface area (Å²) in [5.41, 5.74) is 20.8. The number of hydrogen-bond acceptors (Lipinski definition) is 2. The summed E-state index contributed by atoms with van der Waals surface area (Å²) < 4.78 is 5.20. The molecule has 0 saturated carbocycles. The first-order chi connectivity index (χ1) is 30.7. The van der Waals surface area contributed by atoms with E-state index in [1.54, 1.807) is 0 Å². The van der Waals surface area contributed by atoms with Gasteiger partial charge in [-0.15, -0.1) is 0 Å². The monoisotopic (exact) mass is 838 g/mol. The van der Waals surface area contributed by atoms with Crippen molar-refractivity contribution in [3.8, 4) is 44.5 Å². The second-order valence-electron chi connectivity index (χ2n) is 16.4. The third-order valence-electron chi connectivity index (χ3n) is 11.5. The Morgan fingerprint density at radius 1 is 0.397 bits per heavy atom. The zero-order valence-corrected chi connectivity index (χ0v) is 38.7. The average molecular weight is 839 g/mol. The van der Waals surface area contributed by atoms with Crippen LogP contribution in [0.3, 0.4) is 0 Å². The summed E-state index contributed by atoms with van der Waals surface area (Å²) in [5, 5.41) is 0. The van der Waals surface area contributed by atoms with E-state index in [1.165, 1.54) is 89.5 Å². The van der Waals surface area contributed by atoms with E-state index >= 15 is 0 Å². The topological polar surface area (TPSA) is 6.48 Å². The Morgan fingerprint density at radius 3 is 1.17 bits per heavy atom. The largest absolute Gasteiger partial charge is 0.306 e. The molecule has 9 rings (SSSR count). The summed E-state index contributed by atoms with van der Waals surface area (Å²) in [6, 6.07) is 77.4. The van der Waals surface area contributed by atoms with Gasteiger partial charge in [-0.05, 0) is 123 Å². The molecule has 0 radical (unpaired) electrons. The minimum absolute atomic E-state index is 0.703. The summed E-state index contributed by atoms with van der Waals surface area (Å²) in [7, 11) is -0.703. The Labute approximate surface area is 378 Å². The van der Waals surface area contributed by atoms with Gasteiger partial charge >= 0.3 is 0 Å². The predicted molar refractivity (Wildman–Crippen MR) is 276 cm³/mol. The Hall–Kier alpha value is -6.73. The van der Waals surface area contributed by atoms with Crippen molar-refractivity contribution in [1.82, 2.24) is 0 Å². The van der Waals surface area contributed by atoms with Crippen molar-refractivity contribution in [2.75, 3.05) is 15.5 Å². The predicted octanol–water partition coefficient (Wildman–Crippen LogP) is 17.6. The Kier molecular flexibility index (Phi) is 15.0. The molecule has 2 nitrogen and oxygen atoms in total. The molecular weight excluding hydrogens is 780 g/mol. The number of anilines is 2. The van der Waals surface area contributed by atoms with E-state index in [4.69, 9.17) is 0 Å². The molecule has 0 bridgehead atoms. The maximum atomic E-state index is 2.60. The van der Waals surface area contributed by atoms with E-state index < -0.39 is 8.22 Å². The van der Waals surface area contributed by atoms with Crippen molar-refractivity contribution in [1.29, 1.82) is 0 Å². The molecule has 0 aromatic heterocycles. The maximum Gasteiger partial charge on any atom is 0.108 e. The molecule has 0 N–H and O–H groups in total. The summed E-state index contributed by atoms with van der Waals surface area (Å²) in [6.45, 7) is 15.5. The molecule has 1 aliphatic heterocycles. The molecule has 1 aliphatic rings. The standard InChI is InChI=1S/C34H35N2P.2C13H12/c1-25(2)27(4)35(33-20-12-18-31(22-33)29-14-8-6-9-15-29)37-24-26(3)28(5)36(37)34-21-13-19-32(23-34)30-16-10-7-11-17-30;2*1-11-6-5-9-13(10-11)12-7-3-2-4-8-12/h6-23H,24H2,1-5H3;2*2-10H,1H3. The molecule has 8 aromatic rings. The molecule has 1 atom stereocenters. The van der Waals surface area contributed by atoms with Gasteiger partial charge in [-0.1, -0.05) is 211 Å². The van der Waals surface area contributed by atoms with Gasteiger partial charge in [-0.2, -0.15) is 0 Å². The Morgan fingerprint density at radius 2 is 0.762 bits per heavy atom. The van der Waals surface area contributed by atoms with Crippen LogP contribution in [0.15, 0.2) is 241 Å². The highest BCUT2D eigenvalue weighted by molar-refractivity contribution is 7.62. The summed E-state index contributed by atoms with van der Waals surface area (Å²) in [5.74, 6) is 0. The second kappa shape index (κ2) is 21.4. The quantitative estimate of drug-likeness (QED) is 0.141. The highest BCUT2D eigenvalue weighted by Crippen LogP contribution is 2.59. The molecule has 0 amide bonds. The van der Waals surface area contributed by atoms with Gasteiger partial charge in [0.1, 0.15) is 8.22 Å². The first-order valence-corrected chi connectivity index (χ1v) is 23.3. The van der Waals surface area contributed by atoms with Crippen LogP contribution in [-0.2, 0) is 0 Å². The lowest BCUT2D eigenvalue weighted by Gasteiger charge is -2.39. The van der Waals surface area contributed by atoms with Crippen molar-refractivity contribution in [3.05, 3.63) is 252 Å². The molecule has 1 unspecified atom stereocenters. The summed E-state index contributed by atoms with van der Waals surface area (Å²) in [6.07, 6.45) is 1.05. The van der Waals surface area contributed by atoms with Crippen LogP contribution in [0.2, 0.25) is 0 Å². The number of allylic oxidation sites excluding steroid dienone is 4. The lowest BCUT2D eigenvalue weighted by molar-refractivity contribution is 1.15. The molecular formula is C60H59N2P. The molecule has 63 heavy (non-hydrogen) atoms. The first-order valence-electron chi connectivity index (χ1n) is 21.9. The van der Waals surface area contributed by atoms with Gasteiger partial charge in [-0.3, -0.25) is 0 Å². The van der Waals surface area contributed by atoms with Crippen molar-refractivity contribution >= 4 is 19.6 Å². The van der Waals surface area contributed by atoms with Crippen LogP contribution >= 0.6 is 8.22 Å². The van der Waals surface area contributed by atoms with Crippen LogP contribution < -0.4 is 9.34 Å². The van der Waals surface area contributed by atoms with Crippen LogP contribution in [0.25, 0.3) is 44.5 Å². The van der Waals surface area contributed by atoms with E-state index in [0.717, 1.165) is 6.16 Å². The number of benzene rings is 8.